The predicted octanol–water partition coefficient (Wildman–Crippen LogP) is 3.03. The Labute approximate surface area is 153 Å². The van der Waals surface area contributed by atoms with Crippen molar-refractivity contribution in [3.05, 3.63) is 59.2 Å². The van der Waals surface area contributed by atoms with Gasteiger partial charge in [-0.3, -0.25) is 14.5 Å². The highest BCUT2D eigenvalue weighted by Crippen LogP contribution is 2.17. The highest BCUT2D eigenvalue weighted by Gasteiger charge is 2.18. The fraction of sp³-hybridized carbons (Fsp3) is 0.263. The van der Waals surface area contributed by atoms with Gasteiger partial charge in [-0.05, 0) is 56.7 Å². The number of hydrogen-bond acceptors (Lipinski definition) is 4. The molecule has 2 N–H and O–H groups in total. The zero-order valence-corrected chi connectivity index (χ0v) is 15.6. The number of nitrogens with zero attached hydrogens (tertiary/aromatic N) is 1. The molecule has 3 rings (SSSR count). The van der Waals surface area contributed by atoms with Gasteiger partial charge in [0.25, 0.3) is 15.9 Å². The molecule has 0 aromatic heterocycles. The largest absolute Gasteiger partial charge is 0.322 e. The number of amides is 1. The van der Waals surface area contributed by atoms with Crippen molar-refractivity contribution in [1.82, 2.24) is 4.72 Å². The second-order valence-electron chi connectivity index (χ2n) is 6.39. The number of amidine groups is 1. The molecule has 0 aliphatic carbocycles. The van der Waals surface area contributed by atoms with Crippen LogP contribution in [0.5, 0.6) is 0 Å². The highest BCUT2D eigenvalue weighted by molar-refractivity contribution is 7.90. The van der Waals surface area contributed by atoms with E-state index in [9.17, 15) is 13.2 Å². The fourth-order valence-electron chi connectivity index (χ4n) is 2.86. The third kappa shape index (κ3) is 4.29. The summed E-state index contributed by atoms with van der Waals surface area (Å²) in [6.07, 6.45) is 1.50. The second-order valence-corrected chi connectivity index (χ2v) is 8.07. The summed E-state index contributed by atoms with van der Waals surface area (Å²) in [6.45, 7) is 4.53. The topological polar surface area (TPSA) is 87.6 Å². The number of aliphatic imine (C=N–C) groups is 1. The molecule has 0 fully saturated rings. The smallest absolute Gasteiger partial charge is 0.262 e. The van der Waals surface area contributed by atoms with E-state index in [0.717, 1.165) is 17.5 Å². The molecule has 0 atom stereocenters. The molecule has 7 heteroatoms. The lowest BCUT2D eigenvalue weighted by Gasteiger charge is -2.10. The first-order valence-corrected chi connectivity index (χ1v) is 9.88. The van der Waals surface area contributed by atoms with Gasteiger partial charge in [-0.2, -0.15) is 0 Å². The normalized spacial score (nSPS) is 14.0. The van der Waals surface area contributed by atoms with Crippen LogP contribution in [0.25, 0.3) is 0 Å². The molecule has 1 aliphatic heterocycles. The van der Waals surface area contributed by atoms with Crippen LogP contribution in [-0.4, -0.2) is 26.7 Å². The zero-order valence-electron chi connectivity index (χ0n) is 14.7. The highest BCUT2D eigenvalue weighted by atomic mass is 32.2. The van der Waals surface area contributed by atoms with Crippen LogP contribution >= 0.6 is 0 Å². The molecule has 2 aromatic carbocycles. The molecule has 1 amide bonds. The summed E-state index contributed by atoms with van der Waals surface area (Å²) in [5.41, 5.74) is 3.13. The molecule has 0 bridgehead atoms. The van der Waals surface area contributed by atoms with Gasteiger partial charge in [-0.15, -0.1) is 0 Å². The first kappa shape index (κ1) is 18.1. The minimum atomic E-state index is -3.65. The summed E-state index contributed by atoms with van der Waals surface area (Å²) in [6, 6.07) is 11.7. The van der Waals surface area contributed by atoms with Gasteiger partial charge < -0.3 is 5.32 Å². The van der Waals surface area contributed by atoms with E-state index in [2.05, 4.69) is 15.0 Å². The van der Waals surface area contributed by atoms with Crippen molar-refractivity contribution in [3.63, 3.8) is 0 Å². The van der Waals surface area contributed by atoms with Crippen LogP contribution < -0.4 is 10.0 Å². The molecule has 1 aliphatic rings. The summed E-state index contributed by atoms with van der Waals surface area (Å²) < 4.78 is 27.2. The Bertz CT molecular complexity index is 944. The number of benzene rings is 2. The Kier molecular flexibility index (Phi) is 5.08. The molecule has 0 saturated heterocycles. The Hall–Kier alpha value is -2.67. The molecular weight excluding hydrogens is 350 g/mol. The molecule has 2 aromatic rings. The van der Waals surface area contributed by atoms with E-state index in [1.165, 1.54) is 12.1 Å². The molecule has 0 saturated carbocycles. The van der Waals surface area contributed by atoms with Gasteiger partial charge in [-0.1, -0.05) is 17.2 Å². The fourth-order valence-corrected chi connectivity index (χ4v) is 3.95. The molecule has 1 heterocycles. The number of nitrogens with one attached hydrogen (secondary N) is 2. The average Bonchev–Trinajstić information content (AvgIpc) is 3.06. The number of aryl methyl sites for hydroxylation is 2. The predicted molar refractivity (Wildman–Crippen MR) is 102 cm³/mol. The maximum absolute atomic E-state index is 12.4. The van der Waals surface area contributed by atoms with Crippen LogP contribution in [0.15, 0.2) is 52.4 Å². The molecule has 136 valence electrons. The van der Waals surface area contributed by atoms with Crippen molar-refractivity contribution in [2.24, 2.45) is 4.99 Å². The number of carbonyl (C=O) groups is 1. The van der Waals surface area contributed by atoms with Crippen LogP contribution in [0.4, 0.5) is 5.69 Å². The van der Waals surface area contributed by atoms with Gasteiger partial charge >= 0.3 is 0 Å². The number of hydrogen-bond donors (Lipinski definition) is 2. The lowest BCUT2D eigenvalue weighted by Crippen LogP contribution is -2.29. The summed E-state index contributed by atoms with van der Waals surface area (Å²) in [5.74, 6) is 0.267. The second kappa shape index (κ2) is 7.29. The van der Waals surface area contributed by atoms with Crippen molar-refractivity contribution in [2.45, 2.75) is 31.6 Å². The standard InChI is InChI=1S/C19H21N3O3S/c1-13-10-14(2)12-15(11-13)19(23)21-16-5-7-17(8-6-16)26(24,25)22-18-4-3-9-20-18/h5-8,10-12H,3-4,9H2,1-2H3,(H,20,22)(H,21,23). The molecule has 26 heavy (non-hydrogen) atoms. The molecule has 0 unspecified atom stereocenters. The van der Waals surface area contributed by atoms with Crippen molar-refractivity contribution < 1.29 is 13.2 Å². The van der Waals surface area contributed by atoms with Crippen LogP contribution in [0, 0.1) is 13.8 Å². The van der Waals surface area contributed by atoms with Gasteiger partial charge in [0.2, 0.25) is 0 Å². The zero-order chi connectivity index (χ0) is 18.7. The van der Waals surface area contributed by atoms with Crippen molar-refractivity contribution >= 4 is 27.5 Å². The van der Waals surface area contributed by atoms with Crippen LogP contribution in [0.1, 0.15) is 34.3 Å². The molecular formula is C19H21N3O3S. The molecule has 0 radical (unpaired) electrons. The number of anilines is 1. The van der Waals surface area contributed by atoms with Crippen LogP contribution in [-0.2, 0) is 10.0 Å². The maximum Gasteiger partial charge on any atom is 0.262 e. The van der Waals surface area contributed by atoms with Crippen LogP contribution in [0.2, 0.25) is 0 Å². The summed E-state index contributed by atoms with van der Waals surface area (Å²) in [5, 5.41) is 2.79. The summed E-state index contributed by atoms with van der Waals surface area (Å²) >= 11 is 0. The van der Waals surface area contributed by atoms with E-state index >= 15 is 0 Å². The third-order valence-electron chi connectivity index (χ3n) is 4.03. The number of rotatable bonds is 4. The number of carbonyl (C=O) groups excluding carboxylic acids is 1. The number of sulfonamides is 1. The Morgan fingerprint density at radius 1 is 1.04 bits per heavy atom. The maximum atomic E-state index is 12.4. The molecule has 6 nitrogen and oxygen atoms in total. The monoisotopic (exact) mass is 371 g/mol. The van der Waals surface area contributed by atoms with E-state index in [4.69, 9.17) is 0 Å². The van der Waals surface area contributed by atoms with Crippen molar-refractivity contribution in [3.8, 4) is 0 Å². The first-order valence-electron chi connectivity index (χ1n) is 8.39. The lowest BCUT2D eigenvalue weighted by molar-refractivity contribution is 0.102. The SMILES string of the molecule is Cc1cc(C)cc(C(=O)Nc2ccc(S(=O)(=O)NC3=NCCC3)cc2)c1. The van der Waals surface area contributed by atoms with Gasteiger partial charge in [0.1, 0.15) is 5.84 Å². The third-order valence-corrected chi connectivity index (χ3v) is 5.43. The van der Waals surface area contributed by atoms with Crippen LogP contribution in [0.3, 0.4) is 0 Å². The molecule has 0 spiro atoms. The van der Waals surface area contributed by atoms with Gasteiger partial charge in [0.15, 0.2) is 0 Å². The summed E-state index contributed by atoms with van der Waals surface area (Å²) in [7, 11) is -3.65. The van der Waals surface area contributed by atoms with Crippen molar-refractivity contribution in [1.29, 1.82) is 0 Å². The Morgan fingerprint density at radius 2 is 1.69 bits per heavy atom. The Morgan fingerprint density at radius 3 is 2.27 bits per heavy atom. The first-order chi connectivity index (χ1) is 12.3. The van der Waals surface area contributed by atoms with E-state index < -0.39 is 10.0 Å². The van der Waals surface area contributed by atoms with E-state index in [-0.39, 0.29) is 10.8 Å². The quantitative estimate of drug-likeness (QED) is 0.866. The van der Waals surface area contributed by atoms with E-state index in [0.29, 0.717) is 30.1 Å². The summed E-state index contributed by atoms with van der Waals surface area (Å²) in [4.78, 5) is 16.6. The van der Waals surface area contributed by atoms with E-state index in [1.54, 1.807) is 12.1 Å². The van der Waals surface area contributed by atoms with Gasteiger partial charge in [0.05, 0.1) is 4.90 Å². The van der Waals surface area contributed by atoms with Gasteiger partial charge in [0, 0.05) is 24.2 Å². The van der Waals surface area contributed by atoms with Gasteiger partial charge in [-0.25, -0.2) is 8.42 Å². The van der Waals surface area contributed by atoms with E-state index in [1.807, 2.05) is 32.0 Å². The van der Waals surface area contributed by atoms with Crippen molar-refractivity contribution in [2.75, 3.05) is 11.9 Å². The Balaban J connectivity index is 1.72. The lowest BCUT2D eigenvalue weighted by atomic mass is 10.1. The minimum Gasteiger partial charge on any atom is -0.322 e. The minimum absolute atomic E-state index is 0.136. The average molecular weight is 371 g/mol.